The molecule has 0 saturated heterocycles. The second kappa shape index (κ2) is 15.5. The lowest BCUT2D eigenvalue weighted by atomic mass is 10.1. The topological polar surface area (TPSA) is 52.6 Å². The summed E-state index contributed by atoms with van der Waals surface area (Å²) in [7, 11) is 0. The Hall–Kier alpha value is -1.55. The van der Waals surface area contributed by atoms with Crippen LogP contribution in [0, 0.1) is 0 Å². The van der Waals surface area contributed by atoms with Gasteiger partial charge in [-0.25, -0.2) is 0 Å². The van der Waals surface area contributed by atoms with Crippen LogP contribution in [0.25, 0.3) is 0 Å². The van der Waals surface area contributed by atoms with Crippen LogP contribution < -0.4 is 4.74 Å². The van der Waals surface area contributed by atoms with Gasteiger partial charge in [-0.15, -0.1) is 0 Å². The molecule has 0 fully saturated rings. The van der Waals surface area contributed by atoms with Gasteiger partial charge in [-0.1, -0.05) is 75.6 Å². The van der Waals surface area contributed by atoms with E-state index in [4.69, 9.17) is 21.1 Å². The van der Waals surface area contributed by atoms with Gasteiger partial charge in [0.05, 0.1) is 11.6 Å². The molecule has 0 radical (unpaired) electrons. The predicted molar refractivity (Wildman–Crippen MR) is 109 cm³/mol. The van der Waals surface area contributed by atoms with E-state index < -0.39 is 0 Å². The molecule has 0 unspecified atom stereocenters. The zero-order valence-corrected chi connectivity index (χ0v) is 17.3. The highest BCUT2D eigenvalue weighted by Crippen LogP contribution is 2.23. The summed E-state index contributed by atoms with van der Waals surface area (Å²) in [6, 6.07) is 6.98. The van der Waals surface area contributed by atoms with Gasteiger partial charge in [0, 0.05) is 12.8 Å². The molecular weight excluding hydrogens is 364 g/mol. The van der Waals surface area contributed by atoms with Crippen LogP contribution in [0.4, 0.5) is 0 Å². The highest BCUT2D eigenvalue weighted by molar-refractivity contribution is 6.32. The maximum Gasteiger partial charge on any atom is 0.311 e. The molecular formula is C22H33ClO4. The Morgan fingerprint density at radius 2 is 1.41 bits per heavy atom. The number of hydrogen-bond donors (Lipinski definition) is 0. The maximum absolute atomic E-state index is 11.8. The first-order valence-electron chi connectivity index (χ1n) is 10.2. The molecule has 0 heterocycles. The number of esters is 2. The fourth-order valence-corrected chi connectivity index (χ4v) is 2.91. The standard InChI is InChI=1S/C22H33ClO4/c1-2-3-4-13-18-26-21(24)16-9-7-5-6-8-10-17-22(25)27-20-15-12-11-14-19(20)23/h11-12,14-15H,2-10,13,16-18H2,1H3. The fourth-order valence-electron chi connectivity index (χ4n) is 2.73. The molecule has 1 rings (SSSR count). The minimum absolute atomic E-state index is 0.0752. The van der Waals surface area contributed by atoms with Crippen molar-refractivity contribution in [3.8, 4) is 5.75 Å². The molecule has 0 bridgehead atoms. The summed E-state index contributed by atoms with van der Waals surface area (Å²) in [6.07, 6.45) is 11.2. The molecule has 0 N–H and O–H groups in total. The first-order valence-corrected chi connectivity index (χ1v) is 10.6. The summed E-state index contributed by atoms with van der Waals surface area (Å²) in [6.45, 7) is 2.72. The van der Waals surface area contributed by atoms with Crippen molar-refractivity contribution in [1.29, 1.82) is 0 Å². The number of para-hydroxylation sites is 1. The van der Waals surface area contributed by atoms with Gasteiger partial charge in [-0.05, 0) is 31.4 Å². The van der Waals surface area contributed by atoms with Gasteiger partial charge in [0.2, 0.25) is 0 Å². The molecule has 152 valence electrons. The summed E-state index contributed by atoms with van der Waals surface area (Å²) < 4.78 is 10.5. The van der Waals surface area contributed by atoms with Crippen molar-refractivity contribution in [2.24, 2.45) is 0 Å². The van der Waals surface area contributed by atoms with E-state index in [1.807, 2.05) is 0 Å². The van der Waals surface area contributed by atoms with Gasteiger partial charge < -0.3 is 9.47 Å². The van der Waals surface area contributed by atoms with E-state index in [0.717, 1.165) is 51.4 Å². The number of hydrogen-bond acceptors (Lipinski definition) is 4. The van der Waals surface area contributed by atoms with E-state index in [1.165, 1.54) is 12.8 Å². The number of unbranched alkanes of at least 4 members (excludes halogenated alkanes) is 8. The number of rotatable bonds is 15. The molecule has 5 heteroatoms. The maximum atomic E-state index is 11.8. The third kappa shape index (κ3) is 12.5. The Morgan fingerprint density at radius 1 is 0.815 bits per heavy atom. The number of carbonyl (C=O) groups is 2. The van der Waals surface area contributed by atoms with Gasteiger partial charge >= 0.3 is 11.9 Å². The van der Waals surface area contributed by atoms with Gasteiger partial charge in [-0.2, -0.15) is 0 Å². The first kappa shape index (κ1) is 23.5. The van der Waals surface area contributed by atoms with E-state index in [1.54, 1.807) is 24.3 Å². The van der Waals surface area contributed by atoms with Crippen LogP contribution >= 0.6 is 11.6 Å². The van der Waals surface area contributed by atoms with E-state index in [0.29, 0.717) is 30.2 Å². The molecule has 27 heavy (non-hydrogen) atoms. The largest absolute Gasteiger partial charge is 0.466 e. The number of ether oxygens (including phenoxy) is 2. The number of carbonyl (C=O) groups excluding carboxylic acids is 2. The molecule has 0 aliphatic rings. The molecule has 0 aliphatic carbocycles. The van der Waals surface area contributed by atoms with Crippen molar-refractivity contribution >= 4 is 23.5 Å². The van der Waals surface area contributed by atoms with Crippen LogP contribution in [0.2, 0.25) is 5.02 Å². The Labute approximate surface area is 168 Å². The molecule has 1 aromatic rings. The lowest BCUT2D eigenvalue weighted by molar-refractivity contribution is -0.144. The summed E-state index contributed by atoms with van der Waals surface area (Å²) in [4.78, 5) is 23.4. The third-order valence-electron chi connectivity index (χ3n) is 4.33. The molecule has 0 spiro atoms. The Bertz CT molecular complexity index is 545. The lowest BCUT2D eigenvalue weighted by Crippen LogP contribution is -2.07. The van der Waals surface area contributed by atoms with Crippen molar-refractivity contribution < 1.29 is 19.1 Å². The van der Waals surface area contributed by atoms with Crippen LogP contribution in [0.5, 0.6) is 5.75 Å². The fraction of sp³-hybridized carbons (Fsp3) is 0.636. The average molecular weight is 397 g/mol. The quantitative estimate of drug-likeness (QED) is 0.193. The smallest absolute Gasteiger partial charge is 0.311 e. The Kier molecular flexibility index (Phi) is 13.5. The molecule has 1 aromatic carbocycles. The summed E-state index contributed by atoms with van der Waals surface area (Å²) >= 11 is 5.96. The third-order valence-corrected chi connectivity index (χ3v) is 4.65. The summed E-state index contributed by atoms with van der Waals surface area (Å²) in [5.74, 6) is 0.0972. The SMILES string of the molecule is CCCCCCOC(=O)CCCCCCCCC(=O)Oc1ccccc1Cl. The number of benzene rings is 1. The van der Waals surface area contributed by atoms with Crippen LogP contribution in [-0.4, -0.2) is 18.5 Å². The van der Waals surface area contributed by atoms with Crippen molar-refractivity contribution in [3.63, 3.8) is 0 Å². The average Bonchev–Trinajstić information content (AvgIpc) is 2.65. The highest BCUT2D eigenvalue weighted by Gasteiger charge is 2.07. The number of halogens is 1. The van der Waals surface area contributed by atoms with Crippen LogP contribution in [0.1, 0.15) is 84.0 Å². The van der Waals surface area contributed by atoms with Crippen LogP contribution in [0.15, 0.2) is 24.3 Å². The summed E-state index contributed by atoms with van der Waals surface area (Å²) in [5, 5.41) is 0.449. The Morgan fingerprint density at radius 3 is 2.07 bits per heavy atom. The second-order valence-corrected chi connectivity index (χ2v) is 7.21. The summed E-state index contributed by atoms with van der Waals surface area (Å²) in [5.41, 5.74) is 0. The van der Waals surface area contributed by atoms with E-state index in [9.17, 15) is 9.59 Å². The normalized spacial score (nSPS) is 10.6. The van der Waals surface area contributed by atoms with Crippen molar-refractivity contribution in [2.75, 3.05) is 6.61 Å². The molecule has 4 nitrogen and oxygen atoms in total. The van der Waals surface area contributed by atoms with Gasteiger partial charge in [-0.3, -0.25) is 9.59 Å². The first-order chi connectivity index (χ1) is 13.1. The van der Waals surface area contributed by atoms with Crippen molar-refractivity contribution in [2.45, 2.75) is 84.0 Å². The second-order valence-electron chi connectivity index (χ2n) is 6.81. The molecule has 0 aliphatic heterocycles. The minimum Gasteiger partial charge on any atom is -0.466 e. The Balaban J connectivity index is 1.92. The van der Waals surface area contributed by atoms with Gasteiger partial charge in [0.15, 0.2) is 0 Å². The molecule has 0 atom stereocenters. The van der Waals surface area contributed by atoms with Gasteiger partial charge in [0.25, 0.3) is 0 Å². The lowest BCUT2D eigenvalue weighted by Gasteiger charge is -2.06. The minimum atomic E-state index is -0.246. The van der Waals surface area contributed by atoms with Crippen molar-refractivity contribution in [3.05, 3.63) is 29.3 Å². The zero-order chi connectivity index (χ0) is 19.7. The van der Waals surface area contributed by atoms with E-state index in [-0.39, 0.29) is 11.9 Å². The highest BCUT2D eigenvalue weighted by atomic mass is 35.5. The monoisotopic (exact) mass is 396 g/mol. The molecule has 0 aromatic heterocycles. The van der Waals surface area contributed by atoms with E-state index >= 15 is 0 Å². The molecule has 0 amide bonds. The van der Waals surface area contributed by atoms with Gasteiger partial charge in [0.1, 0.15) is 5.75 Å². The predicted octanol–water partition coefficient (Wildman–Crippen LogP) is 6.49. The molecule has 0 saturated carbocycles. The van der Waals surface area contributed by atoms with E-state index in [2.05, 4.69) is 6.92 Å². The van der Waals surface area contributed by atoms with Crippen LogP contribution in [0.3, 0.4) is 0 Å². The van der Waals surface area contributed by atoms with Crippen LogP contribution in [-0.2, 0) is 14.3 Å². The zero-order valence-electron chi connectivity index (χ0n) is 16.5. The van der Waals surface area contributed by atoms with Crippen molar-refractivity contribution in [1.82, 2.24) is 0 Å².